The van der Waals surface area contributed by atoms with Crippen molar-refractivity contribution in [2.45, 2.75) is 0 Å². The number of pyridine rings is 1. The third kappa shape index (κ3) is 2.58. The smallest absolute Gasteiger partial charge is 0.213 e. The van der Waals surface area contributed by atoms with Gasteiger partial charge in [0.25, 0.3) is 0 Å². The average Bonchev–Trinajstić information content (AvgIpc) is 3.00. The third-order valence-corrected chi connectivity index (χ3v) is 3.21. The van der Waals surface area contributed by atoms with Crippen LogP contribution in [0.2, 0.25) is 0 Å². The quantitative estimate of drug-likeness (QED) is 0.798. The summed E-state index contributed by atoms with van der Waals surface area (Å²) in [7, 11) is 3.46. The van der Waals surface area contributed by atoms with E-state index >= 15 is 0 Å². The zero-order valence-corrected chi connectivity index (χ0v) is 11.9. The van der Waals surface area contributed by atoms with Crippen LogP contribution < -0.4 is 10.1 Å². The van der Waals surface area contributed by atoms with Gasteiger partial charge in [-0.1, -0.05) is 30.3 Å². The summed E-state index contributed by atoms with van der Waals surface area (Å²) in [6, 6.07) is 15.9. The normalized spacial score (nSPS) is 10.4. The lowest BCUT2D eigenvalue weighted by Crippen LogP contribution is -2.01. The molecule has 5 heteroatoms. The van der Waals surface area contributed by atoms with Gasteiger partial charge in [-0.2, -0.15) is 0 Å². The molecule has 3 aromatic rings. The Balaban J connectivity index is 2.10. The van der Waals surface area contributed by atoms with Crippen LogP contribution in [0.25, 0.3) is 16.9 Å². The number of aromatic nitrogens is 3. The lowest BCUT2D eigenvalue weighted by Gasteiger charge is -2.07. The second kappa shape index (κ2) is 5.66. The van der Waals surface area contributed by atoms with Crippen LogP contribution in [0.5, 0.6) is 5.88 Å². The van der Waals surface area contributed by atoms with E-state index in [1.165, 1.54) is 0 Å². The number of hydrogen-bond donors (Lipinski definition) is 1. The zero-order chi connectivity index (χ0) is 14.7. The molecule has 0 radical (unpaired) electrons. The lowest BCUT2D eigenvalue weighted by molar-refractivity contribution is 0.397. The van der Waals surface area contributed by atoms with E-state index in [4.69, 9.17) is 4.74 Å². The van der Waals surface area contributed by atoms with Crippen LogP contribution in [0.15, 0.2) is 54.7 Å². The molecule has 0 saturated heterocycles. The van der Waals surface area contributed by atoms with Gasteiger partial charge in [0.2, 0.25) is 5.88 Å². The Kier molecular flexibility index (Phi) is 3.55. The molecule has 0 atom stereocenters. The van der Waals surface area contributed by atoms with Gasteiger partial charge in [0, 0.05) is 24.7 Å². The van der Waals surface area contributed by atoms with Gasteiger partial charge in [-0.15, -0.1) is 5.10 Å². The Hall–Kier alpha value is -2.82. The van der Waals surface area contributed by atoms with Gasteiger partial charge in [-0.3, -0.25) is 0 Å². The van der Waals surface area contributed by atoms with Crippen molar-refractivity contribution in [3.05, 3.63) is 54.7 Å². The molecule has 0 spiro atoms. The molecular formula is C16H16N4O. The van der Waals surface area contributed by atoms with Crippen LogP contribution in [0.4, 0.5) is 5.82 Å². The number of methoxy groups -OCH3 is 1. The largest absolute Gasteiger partial charge is 0.481 e. The Morgan fingerprint density at radius 3 is 2.52 bits per heavy atom. The first-order valence-corrected chi connectivity index (χ1v) is 6.65. The van der Waals surface area contributed by atoms with Crippen molar-refractivity contribution in [1.29, 1.82) is 0 Å². The van der Waals surface area contributed by atoms with Crippen LogP contribution in [0.1, 0.15) is 0 Å². The average molecular weight is 280 g/mol. The van der Waals surface area contributed by atoms with Gasteiger partial charge in [0.15, 0.2) is 0 Å². The van der Waals surface area contributed by atoms with E-state index in [0.717, 1.165) is 22.8 Å². The highest BCUT2D eigenvalue weighted by molar-refractivity contribution is 5.65. The van der Waals surface area contributed by atoms with E-state index in [9.17, 15) is 0 Å². The van der Waals surface area contributed by atoms with Crippen molar-refractivity contribution in [1.82, 2.24) is 14.8 Å². The summed E-state index contributed by atoms with van der Waals surface area (Å²) in [5.41, 5.74) is 2.99. The van der Waals surface area contributed by atoms with Crippen molar-refractivity contribution >= 4 is 5.82 Å². The van der Waals surface area contributed by atoms with E-state index in [2.05, 4.69) is 27.5 Å². The highest BCUT2D eigenvalue weighted by Gasteiger charge is 2.11. The minimum atomic E-state index is 0.584. The van der Waals surface area contributed by atoms with E-state index in [1.54, 1.807) is 13.3 Å². The molecular weight excluding hydrogens is 264 g/mol. The summed E-state index contributed by atoms with van der Waals surface area (Å²) in [6.07, 6.45) is 1.75. The molecule has 21 heavy (non-hydrogen) atoms. The minimum Gasteiger partial charge on any atom is -0.481 e. The van der Waals surface area contributed by atoms with Crippen molar-refractivity contribution < 1.29 is 4.74 Å². The molecule has 0 aliphatic heterocycles. The van der Waals surface area contributed by atoms with Crippen molar-refractivity contribution in [2.75, 3.05) is 19.5 Å². The van der Waals surface area contributed by atoms with Crippen molar-refractivity contribution in [2.24, 2.45) is 0 Å². The molecule has 0 bridgehead atoms. The summed E-state index contributed by atoms with van der Waals surface area (Å²) in [4.78, 5) is 4.24. The van der Waals surface area contributed by atoms with Crippen LogP contribution in [0.3, 0.4) is 0 Å². The molecule has 5 nitrogen and oxygen atoms in total. The molecule has 2 aromatic heterocycles. The standard InChI is InChI=1S/C16H16N4O/c1-17-15-10-14(12-6-4-3-5-7-12)20(19-15)13-8-9-16(21-2)18-11-13/h3-11H,1-2H3,(H,17,19). The van der Waals surface area contributed by atoms with Gasteiger partial charge in [-0.05, 0) is 6.07 Å². The van der Waals surface area contributed by atoms with E-state index in [0.29, 0.717) is 5.88 Å². The van der Waals surface area contributed by atoms with Gasteiger partial charge in [-0.25, -0.2) is 9.67 Å². The zero-order valence-electron chi connectivity index (χ0n) is 11.9. The first-order valence-electron chi connectivity index (χ1n) is 6.65. The first kappa shape index (κ1) is 13.2. The molecule has 0 unspecified atom stereocenters. The number of benzene rings is 1. The van der Waals surface area contributed by atoms with Crippen molar-refractivity contribution in [3.8, 4) is 22.8 Å². The van der Waals surface area contributed by atoms with Gasteiger partial charge in [0.1, 0.15) is 5.82 Å². The third-order valence-electron chi connectivity index (χ3n) is 3.21. The molecule has 0 aliphatic rings. The molecule has 1 aromatic carbocycles. The maximum atomic E-state index is 5.09. The molecule has 0 saturated carbocycles. The predicted molar refractivity (Wildman–Crippen MR) is 82.9 cm³/mol. The summed E-state index contributed by atoms with van der Waals surface area (Å²) >= 11 is 0. The van der Waals surface area contributed by atoms with E-state index in [1.807, 2.05) is 48.1 Å². The summed E-state index contributed by atoms with van der Waals surface area (Å²) in [6.45, 7) is 0. The molecule has 0 aliphatic carbocycles. The molecule has 0 fully saturated rings. The monoisotopic (exact) mass is 280 g/mol. The Morgan fingerprint density at radius 1 is 1.10 bits per heavy atom. The molecule has 106 valence electrons. The maximum Gasteiger partial charge on any atom is 0.213 e. The second-order valence-electron chi connectivity index (χ2n) is 4.50. The van der Waals surface area contributed by atoms with E-state index < -0.39 is 0 Å². The molecule has 2 heterocycles. The number of ether oxygens (including phenoxy) is 1. The van der Waals surface area contributed by atoms with Crippen molar-refractivity contribution in [3.63, 3.8) is 0 Å². The molecule has 3 rings (SSSR count). The van der Waals surface area contributed by atoms with Crippen LogP contribution in [-0.2, 0) is 0 Å². The summed E-state index contributed by atoms with van der Waals surface area (Å²) < 4.78 is 6.96. The topological polar surface area (TPSA) is 52.0 Å². The summed E-state index contributed by atoms with van der Waals surface area (Å²) in [5.74, 6) is 1.39. The maximum absolute atomic E-state index is 5.09. The lowest BCUT2D eigenvalue weighted by atomic mass is 10.1. The number of anilines is 1. The fourth-order valence-electron chi connectivity index (χ4n) is 2.13. The molecule has 1 N–H and O–H groups in total. The highest BCUT2D eigenvalue weighted by Crippen LogP contribution is 2.25. The predicted octanol–water partition coefficient (Wildman–Crippen LogP) is 2.98. The molecule has 0 amide bonds. The van der Waals surface area contributed by atoms with Gasteiger partial charge >= 0.3 is 0 Å². The number of rotatable bonds is 4. The second-order valence-corrected chi connectivity index (χ2v) is 4.50. The van der Waals surface area contributed by atoms with Crippen LogP contribution >= 0.6 is 0 Å². The Labute approximate surface area is 123 Å². The Bertz CT molecular complexity index is 720. The minimum absolute atomic E-state index is 0.584. The first-order chi connectivity index (χ1) is 10.3. The Morgan fingerprint density at radius 2 is 1.90 bits per heavy atom. The number of nitrogens with zero attached hydrogens (tertiary/aromatic N) is 3. The van der Waals surface area contributed by atoms with Crippen LogP contribution in [0, 0.1) is 0 Å². The van der Waals surface area contributed by atoms with Crippen LogP contribution in [-0.4, -0.2) is 28.9 Å². The van der Waals surface area contributed by atoms with E-state index in [-0.39, 0.29) is 0 Å². The number of nitrogens with one attached hydrogen (secondary N) is 1. The summed E-state index contributed by atoms with van der Waals surface area (Å²) in [5, 5.41) is 7.63. The fraction of sp³-hybridized carbons (Fsp3) is 0.125. The SMILES string of the molecule is CNc1cc(-c2ccccc2)n(-c2ccc(OC)nc2)n1. The van der Waals surface area contributed by atoms with Gasteiger partial charge in [0.05, 0.1) is 24.7 Å². The van der Waals surface area contributed by atoms with Gasteiger partial charge < -0.3 is 10.1 Å². The number of hydrogen-bond acceptors (Lipinski definition) is 4. The highest BCUT2D eigenvalue weighted by atomic mass is 16.5. The fourth-order valence-corrected chi connectivity index (χ4v) is 2.13.